The molecule has 0 aromatic heterocycles. The van der Waals surface area contributed by atoms with Gasteiger partial charge in [0.05, 0.1) is 12.2 Å². The number of carbonyl (C=O) groups excluding carboxylic acids is 1. The predicted molar refractivity (Wildman–Crippen MR) is 81.2 cm³/mol. The van der Waals surface area contributed by atoms with Gasteiger partial charge in [0.2, 0.25) is 5.91 Å². The highest BCUT2D eigenvalue weighted by Gasteiger charge is 2.46. The minimum Gasteiger partial charge on any atom is -0.325 e. The molecule has 1 N–H and O–H groups in total. The van der Waals surface area contributed by atoms with E-state index in [1.165, 1.54) is 25.7 Å². The number of amides is 1. The molecule has 2 atom stereocenters. The van der Waals surface area contributed by atoms with E-state index in [1.807, 2.05) is 0 Å². The molecule has 3 rings (SSSR count). The van der Waals surface area contributed by atoms with Crippen LogP contribution in [0.5, 0.6) is 0 Å². The molecule has 114 valence electrons. The second kappa shape index (κ2) is 6.05. The van der Waals surface area contributed by atoms with E-state index >= 15 is 0 Å². The Kier molecular flexibility index (Phi) is 4.34. The van der Waals surface area contributed by atoms with Crippen molar-refractivity contribution in [2.75, 3.05) is 6.54 Å². The normalized spacial score (nSPS) is 30.6. The number of nitrogens with one attached hydrogen (secondary N) is 1. The average Bonchev–Trinajstić information content (AvgIpc) is 3.32. The van der Waals surface area contributed by atoms with E-state index in [2.05, 4.69) is 24.1 Å². The van der Waals surface area contributed by atoms with Crippen molar-refractivity contribution < 1.29 is 4.79 Å². The highest BCUT2D eigenvalue weighted by atomic mass is 16.2. The number of carbonyl (C=O) groups is 1. The number of rotatable bonds is 8. The van der Waals surface area contributed by atoms with Gasteiger partial charge in [-0.25, -0.2) is 0 Å². The van der Waals surface area contributed by atoms with E-state index in [4.69, 9.17) is 0 Å². The smallest absolute Gasteiger partial charge is 0.241 e. The molecule has 0 aromatic rings. The van der Waals surface area contributed by atoms with Gasteiger partial charge in [-0.3, -0.25) is 10.1 Å². The largest absolute Gasteiger partial charge is 0.325 e. The number of hydrogen-bond donors (Lipinski definition) is 1. The molecule has 1 amide bonds. The molecular weight excluding hydrogens is 248 g/mol. The van der Waals surface area contributed by atoms with Crippen LogP contribution in [0.2, 0.25) is 0 Å². The maximum atomic E-state index is 12.7. The Morgan fingerprint density at radius 1 is 1.10 bits per heavy atom. The zero-order valence-corrected chi connectivity index (χ0v) is 13.1. The fourth-order valence-electron chi connectivity index (χ4n) is 3.93. The van der Waals surface area contributed by atoms with Crippen molar-refractivity contribution >= 4 is 5.91 Å². The van der Waals surface area contributed by atoms with Gasteiger partial charge in [-0.2, -0.15) is 0 Å². The summed E-state index contributed by atoms with van der Waals surface area (Å²) in [6, 6.07) is 0.0932. The molecule has 20 heavy (non-hydrogen) atoms. The lowest BCUT2D eigenvalue weighted by Gasteiger charge is -2.29. The van der Waals surface area contributed by atoms with Gasteiger partial charge in [0.25, 0.3) is 0 Å². The van der Waals surface area contributed by atoms with Crippen LogP contribution >= 0.6 is 0 Å². The van der Waals surface area contributed by atoms with Crippen molar-refractivity contribution in [1.29, 1.82) is 0 Å². The summed E-state index contributed by atoms with van der Waals surface area (Å²) in [4.78, 5) is 14.9. The lowest BCUT2D eigenvalue weighted by molar-refractivity contribution is -0.131. The van der Waals surface area contributed by atoms with E-state index in [1.54, 1.807) is 0 Å². The predicted octanol–water partition coefficient (Wildman–Crippen LogP) is 3.15. The molecule has 1 aliphatic heterocycles. The second-order valence-electron chi connectivity index (χ2n) is 7.14. The van der Waals surface area contributed by atoms with Gasteiger partial charge in [-0.05, 0) is 56.3 Å². The first kappa shape index (κ1) is 14.4. The Bertz CT molecular complexity index is 337. The topological polar surface area (TPSA) is 32.3 Å². The average molecular weight is 278 g/mol. The molecule has 2 unspecified atom stereocenters. The minimum absolute atomic E-state index is 0.0932. The first-order valence-electron chi connectivity index (χ1n) is 8.81. The lowest BCUT2D eigenvalue weighted by Crippen LogP contribution is -2.41. The van der Waals surface area contributed by atoms with Crippen molar-refractivity contribution in [3.63, 3.8) is 0 Å². The van der Waals surface area contributed by atoms with Gasteiger partial charge in [-0.1, -0.05) is 26.7 Å². The van der Waals surface area contributed by atoms with Crippen molar-refractivity contribution in [2.24, 2.45) is 17.8 Å². The molecular formula is C17H30N2O. The number of nitrogens with zero attached hydrogens (tertiary/aromatic N) is 1. The molecule has 3 heteroatoms. The quantitative estimate of drug-likeness (QED) is 0.740. The van der Waals surface area contributed by atoms with Crippen molar-refractivity contribution in [2.45, 2.75) is 77.4 Å². The van der Waals surface area contributed by atoms with E-state index < -0.39 is 0 Å². The van der Waals surface area contributed by atoms with Crippen LogP contribution in [0.3, 0.4) is 0 Å². The van der Waals surface area contributed by atoms with Gasteiger partial charge < -0.3 is 4.90 Å². The van der Waals surface area contributed by atoms with Crippen LogP contribution < -0.4 is 5.32 Å². The fraction of sp³-hybridized carbons (Fsp3) is 0.941. The molecule has 2 saturated carbocycles. The third-order valence-corrected chi connectivity index (χ3v) is 5.35. The molecule has 2 aliphatic carbocycles. The van der Waals surface area contributed by atoms with Crippen molar-refractivity contribution in [1.82, 2.24) is 10.2 Å². The van der Waals surface area contributed by atoms with E-state index in [0.29, 0.717) is 12.1 Å². The monoisotopic (exact) mass is 278 g/mol. The number of hydrogen-bond acceptors (Lipinski definition) is 2. The lowest BCUT2D eigenvalue weighted by atomic mass is 9.96. The van der Waals surface area contributed by atoms with Crippen LogP contribution in [0.1, 0.15) is 65.2 Å². The standard InChI is InChI=1S/C17H30N2O/c1-3-5-15-17(20)19(16(18-15)6-4-2)11-14(12-7-8-12)13-9-10-13/h12-16,18H,3-11H2,1-2H3. The van der Waals surface area contributed by atoms with Crippen molar-refractivity contribution in [3.8, 4) is 0 Å². The van der Waals surface area contributed by atoms with Crippen LogP contribution in [-0.4, -0.2) is 29.6 Å². The summed E-state index contributed by atoms with van der Waals surface area (Å²) in [6.07, 6.45) is 10.3. The molecule has 3 aliphatic rings. The molecule has 0 spiro atoms. The summed E-state index contributed by atoms with van der Waals surface area (Å²) in [5.41, 5.74) is 0. The summed E-state index contributed by atoms with van der Waals surface area (Å²) in [5, 5.41) is 3.59. The highest BCUT2D eigenvalue weighted by Crippen LogP contribution is 2.49. The molecule has 3 nitrogen and oxygen atoms in total. The maximum Gasteiger partial charge on any atom is 0.241 e. The molecule has 0 radical (unpaired) electrons. The van der Waals surface area contributed by atoms with E-state index in [9.17, 15) is 4.79 Å². The summed E-state index contributed by atoms with van der Waals surface area (Å²) in [6.45, 7) is 5.42. The fourth-order valence-corrected chi connectivity index (χ4v) is 3.93. The summed E-state index contributed by atoms with van der Waals surface area (Å²) < 4.78 is 0. The minimum atomic E-state index is 0.0932. The summed E-state index contributed by atoms with van der Waals surface area (Å²) in [7, 11) is 0. The van der Waals surface area contributed by atoms with Crippen LogP contribution in [0.4, 0.5) is 0 Å². The SMILES string of the molecule is CCCC1NC(CCC)N(CC(C2CC2)C2CC2)C1=O. The Morgan fingerprint density at radius 2 is 1.70 bits per heavy atom. The zero-order valence-electron chi connectivity index (χ0n) is 13.1. The van der Waals surface area contributed by atoms with Crippen LogP contribution in [0, 0.1) is 17.8 Å². The van der Waals surface area contributed by atoms with Gasteiger partial charge >= 0.3 is 0 Å². The van der Waals surface area contributed by atoms with E-state index in [-0.39, 0.29) is 6.04 Å². The van der Waals surface area contributed by atoms with Crippen LogP contribution in [0.15, 0.2) is 0 Å². The molecule has 0 bridgehead atoms. The first-order valence-corrected chi connectivity index (χ1v) is 8.81. The van der Waals surface area contributed by atoms with Gasteiger partial charge in [0.15, 0.2) is 0 Å². The summed E-state index contributed by atoms with van der Waals surface area (Å²) >= 11 is 0. The third-order valence-electron chi connectivity index (χ3n) is 5.35. The first-order chi connectivity index (χ1) is 9.74. The van der Waals surface area contributed by atoms with Gasteiger partial charge in [0, 0.05) is 6.54 Å². The van der Waals surface area contributed by atoms with Crippen molar-refractivity contribution in [3.05, 3.63) is 0 Å². The molecule has 3 fully saturated rings. The Balaban J connectivity index is 1.65. The van der Waals surface area contributed by atoms with Crippen LogP contribution in [0.25, 0.3) is 0 Å². The van der Waals surface area contributed by atoms with Gasteiger partial charge in [0.1, 0.15) is 0 Å². The molecule has 1 saturated heterocycles. The Morgan fingerprint density at radius 3 is 2.20 bits per heavy atom. The molecule has 0 aromatic carbocycles. The third kappa shape index (κ3) is 3.03. The zero-order chi connectivity index (χ0) is 14.1. The van der Waals surface area contributed by atoms with Gasteiger partial charge in [-0.15, -0.1) is 0 Å². The Labute approximate surface area is 123 Å². The van der Waals surface area contributed by atoms with Crippen LogP contribution in [-0.2, 0) is 4.79 Å². The Hall–Kier alpha value is -0.570. The van der Waals surface area contributed by atoms with E-state index in [0.717, 1.165) is 50.0 Å². The molecule has 1 heterocycles. The maximum absolute atomic E-state index is 12.7. The highest BCUT2D eigenvalue weighted by molar-refractivity contribution is 5.84. The second-order valence-corrected chi connectivity index (χ2v) is 7.14. The summed E-state index contributed by atoms with van der Waals surface area (Å²) in [5.74, 6) is 3.06.